The molecule has 0 heterocycles. The van der Waals surface area contributed by atoms with Crippen LogP contribution in [0.25, 0.3) is 0 Å². The van der Waals surface area contributed by atoms with Gasteiger partial charge in [-0.15, -0.1) is 0 Å². The average molecular weight is 320 g/mol. The van der Waals surface area contributed by atoms with Crippen LogP contribution in [-0.2, 0) is 19.6 Å². The van der Waals surface area contributed by atoms with E-state index in [-0.39, 0.29) is 21.7 Å². The lowest BCUT2D eigenvalue weighted by molar-refractivity contribution is -0.149. The Kier molecular flexibility index (Phi) is 5.26. The highest BCUT2D eigenvalue weighted by Gasteiger charge is 2.25. The van der Waals surface area contributed by atoms with Gasteiger partial charge in [0.1, 0.15) is 5.82 Å². The van der Waals surface area contributed by atoms with E-state index in [0.29, 0.717) is 0 Å². The molecule has 0 radical (unpaired) electrons. The predicted octanol–water partition coefficient (Wildman–Crippen LogP) is -0.163. The highest BCUT2D eigenvalue weighted by Crippen LogP contribution is 2.27. The highest BCUT2D eigenvalue weighted by molar-refractivity contribution is 7.89. The van der Waals surface area contributed by atoms with Gasteiger partial charge in [-0.2, -0.15) is 0 Å². The minimum atomic E-state index is -4.06. The Bertz CT molecular complexity index is 660. The number of halogens is 1. The summed E-state index contributed by atoms with van der Waals surface area (Å²) in [5.74, 6) is -1.68. The highest BCUT2D eigenvalue weighted by atomic mass is 32.2. The first-order valence-electron chi connectivity index (χ1n) is 5.92. The van der Waals surface area contributed by atoms with E-state index in [9.17, 15) is 22.7 Å². The van der Waals surface area contributed by atoms with Gasteiger partial charge < -0.3 is 15.6 Å². The zero-order chi connectivity index (χ0) is 16.4. The number of aryl methyl sites for hydroxylation is 1. The minimum absolute atomic E-state index is 0.0626. The number of nitrogen functional groups attached to an aromatic ring is 1. The molecular weight excluding hydrogens is 303 g/mol. The van der Waals surface area contributed by atoms with Crippen molar-refractivity contribution in [2.45, 2.75) is 24.8 Å². The van der Waals surface area contributed by atoms with Crippen molar-refractivity contribution in [2.75, 3.05) is 19.4 Å². The van der Waals surface area contributed by atoms with Gasteiger partial charge in [-0.3, -0.25) is 0 Å². The molecule has 118 valence electrons. The normalized spacial score (nSPS) is 13.0. The summed E-state index contributed by atoms with van der Waals surface area (Å²) in [7, 11) is -3.00. The lowest BCUT2D eigenvalue weighted by atomic mass is 10.1. The van der Waals surface area contributed by atoms with Gasteiger partial charge in [0.15, 0.2) is 6.10 Å². The number of nitrogens with one attached hydrogen (secondary N) is 1. The van der Waals surface area contributed by atoms with Gasteiger partial charge in [-0.1, -0.05) is 0 Å². The molecule has 1 unspecified atom stereocenters. The van der Waals surface area contributed by atoms with Gasteiger partial charge in [0.2, 0.25) is 10.0 Å². The van der Waals surface area contributed by atoms with Gasteiger partial charge in [0.25, 0.3) is 0 Å². The fourth-order valence-corrected chi connectivity index (χ4v) is 3.34. The monoisotopic (exact) mass is 320 g/mol. The number of benzene rings is 1. The fourth-order valence-electron chi connectivity index (χ4n) is 1.82. The first-order chi connectivity index (χ1) is 9.61. The van der Waals surface area contributed by atoms with Crippen molar-refractivity contribution in [3.05, 3.63) is 23.0 Å². The van der Waals surface area contributed by atoms with E-state index in [1.165, 1.54) is 13.8 Å². The molecule has 1 rings (SSSR count). The van der Waals surface area contributed by atoms with Crippen LogP contribution in [0.2, 0.25) is 0 Å². The number of sulfonamides is 1. The molecule has 0 aliphatic rings. The first-order valence-corrected chi connectivity index (χ1v) is 7.40. The first kappa shape index (κ1) is 17.3. The zero-order valence-electron chi connectivity index (χ0n) is 11.8. The van der Waals surface area contributed by atoms with Gasteiger partial charge in [0, 0.05) is 6.54 Å². The Balaban J connectivity index is 3.10. The zero-order valence-corrected chi connectivity index (χ0v) is 12.6. The molecule has 0 aliphatic heterocycles. The molecule has 0 amide bonds. The molecule has 0 aromatic heterocycles. The van der Waals surface area contributed by atoms with Crippen molar-refractivity contribution in [1.82, 2.24) is 4.72 Å². The number of carbonyl (C=O) groups is 1. The summed E-state index contributed by atoms with van der Waals surface area (Å²) in [6.45, 7) is 2.22. The van der Waals surface area contributed by atoms with Crippen LogP contribution >= 0.6 is 0 Å². The summed E-state index contributed by atoms with van der Waals surface area (Å²) in [5.41, 5.74) is 5.44. The van der Waals surface area contributed by atoms with Crippen molar-refractivity contribution >= 4 is 21.7 Å². The van der Waals surface area contributed by atoms with Crippen LogP contribution in [-0.4, -0.2) is 39.3 Å². The molecule has 0 spiro atoms. The van der Waals surface area contributed by atoms with Crippen LogP contribution in [0, 0.1) is 19.7 Å². The van der Waals surface area contributed by atoms with E-state index in [2.05, 4.69) is 9.46 Å². The summed E-state index contributed by atoms with van der Waals surface area (Å²) in [6.07, 6.45) is -1.64. The Morgan fingerprint density at radius 1 is 1.52 bits per heavy atom. The molecule has 4 N–H and O–H groups in total. The molecule has 0 fully saturated rings. The summed E-state index contributed by atoms with van der Waals surface area (Å²) >= 11 is 0. The lowest BCUT2D eigenvalue weighted by Crippen LogP contribution is -2.37. The average Bonchev–Trinajstić information content (AvgIpc) is 2.41. The van der Waals surface area contributed by atoms with Crippen molar-refractivity contribution < 1.29 is 27.4 Å². The number of nitrogens with two attached hydrogens (primary N) is 1. The van der Waals surface area contributed by atoms with Gasteiger partial charge >= 0.3 is 5.97 Å². The predicted molar refractivity (Wildman–Crippen MR) is 73.5 cm³/mol. The molecule has 21 heavy (non-hydrogen) atoms. The topological polar surface area (TPSA) is 119 Å². The van der Waals surface area contributed by atoms with Crippen LogP contribution < -0.4 is 10.5 Å². The summed E-state index contributed by atoms with van der Waals surface area (Å²) < 4.78 is 44.2. The summed E-state index contributed by atoms with van der Waals surface area (Å²) in [6, 6.07) is 1.01. The van der Waals surface area contributed by atoms with Crippen LogP contribution in [0.15, 0.2) is 11.0 Å². The molecule has 0 bridgehead atoms. The van der Waals surface area contributed by atoms with E-state index in [0.717, 1.165) is 13.2 Å². The fraction of sp³-hybridized carbons (Fsp3) is 0.417. The van der Waals surface area contributed by atoms with Crippen LogP contribution in [0.1, 0.15) is 11.1 Å². The maximum Gasteiger partial charge on any atom is 0.336 e. The maximum atomic E-state index is 13.4. The van der Waals surface area contributed by atoms with E-state index in [1.807, 2.05) is 0 Å². The third kappa shape index (κ3) is 3.69. The largest absolute Gasteiger partial charge is 0.467 e. The molecule has 7 nitrogen and oxygen atoms in total. The SMILES string of the molecule is COC(=O)C(O)CNS(=O)(=O)c1c(C)cc(F)c(N)c1C. The number of esters is 1. The van der Waals surface area contributed by atoms with E-state index in [4.69, 9.17) is 5.73 Å². The van der Waals surface area contributed by atoms with E-state index < -0.39 is 34.5 Å². The summed E-state index contributed by atoms with van der Waals surface area (Å²) in [4.78, 5) is 10.8. The number of rotatable bonds is 5. The Labute approximate surface area is 122 Å². The Hall–Kier alpha value is -1.71. The second-order valence-electron chi connectivity index (χ2n) is 4.43. The van der Waals surface area contributed by atoms with Crippen LogP contribution in [0.5, 0.6) is 0 Å². The molecule has 1 aromatic rings. The molecule has 1 atom stereocenters. The van der Waals surface area contributed by atoms with Crippen molar-refractivity contribution in [3.63, 3.8) is 0 Å². The lowest BCUT2D eigenvalue weighted by Gasteiger charge is -2.15. The molecule has 9 heteroatoms. The van der Waals surface area contributed by atoms with E-state index >= 15 is 0 Å². The number of hydrogen-bond donors (Lipinski definition) is 3. The minimum Gasteiger partial charge on any atom is -0.467 e. The van der Waals surface area contributed by atoms with Crippen molar-refractivity contribution in [3.8, 4) is 0 Å². The number of aliphatic hydroxyl groups excluding tert-OH is 1. The van der Waals surface area contributed by atoms with Gasteiger partial charge in [-0.05, 0) is 31.0 Å². The molecule has 0 aliphatic carbocycles. The van der Waals surface area contributed by atoms with Crippen LogP contribution in [0.3, 0.4) is 0 Å². The van der Waals surface area contributed by atoms with Gasteiger partial charge in [0.05, 0.1) is 17.7 Å². The Morgan fingerprint density at radius 2 is 2.10 bits per heavy atom. The quantitative estimate of drug-likeness (QED) is 0.512. The third-order valence-electron chi connectivity index (χ3n) is 2.91. The third-order valence-corrected chi connectivity index (χ3v) is 4.62. The number of methoxy groups -OCH3 is 1. The van der Waals surface area contributed by atoms with E-state index in [1.54, 1.807) is 0 Å². The number of anilines is 1. The standard InChI is InChI=1S/C12H17FN2O5S/c1-6-4-8(13)10(14)7(2)11(6)21(18,19)15-5-9(16)12(17)20-3/h4,9,15-16H,5,14H2,1-3H3. The van der Waals surface area contributed by atoms with Crippen molar-refractivity contribution in [2.24, 2.45) is 0 Å². The Morgan fingerprint density at radius 3 is 2.62 bits per heavy atom. The summed E-state index contributed by atoms with van der Waals surface area (Å²) in [5, 5.41) is 9.38. The second kappa shape index (κ2) is 6.37. The molecule has 0 saturated carbocycles. The maximum absolute atomic E-state index is 13.4. The second-order valence-corrected chi connectivity index (χ2v) is 6.14. The smallest absolute Gasteiger partial charge is 0.336 e. The number of hydrogen-bond acceptors (Lipinski definition) is 6. The molecule has 0 saturated heterocycles. The molecular formula is C12H17FN2O5S. The molecule has 1 aromatic carbocycles. The van der Waals surface area contributed by atoms with Crippen LogP contribution in [0.4, 0.5) is 10.1 Å². The number of aliphatic hydroxyl groups is 1. The number of ether oxygens (including phenoxy) is 1. The van der Waals surface area contributed by atoms with Gasteiger partial charge in [-0.25, -0.2) is 22.3 Å². The van der Waals surface area contributed by atoms with Crippen molar-refractivity contribution in [1.29, 1.82) is 0 Å². The number of carbonyl (C=O) groups excluding carboxylic acids is 1.